The molecular formula is C15H32N2O. The highest BCUT2D eigenvalue weighted by atomic mass is 16.3. The molecule has 0 amide bonds. The van der Waals surface area contributed by atoms with Crippen molar-refractivity contribution in [1.82, 2.24) is 10.2 Å². The lowest BCUT2D eigenvalue weighted by Crippen LogP contribution is -2.49. The van der Waals surface area contributed by atoms with E-state index < -0.39 is 0 Å². The van der Waals surface area contributed by atoms with Crippen molar-refractivity contribution in [1.29, 1.82) is 0 Å². The highest BCUT2D eigenvalue weighted by Gasteiger charge is 2.28. The highest BCUT2D eigenvalue weighted by molar-refractivity contribution is 4.85. The third kappa shape index (κ3) is 5.68. The zero-order valence-corrected chi connectivity index (χ0v) is 12.7. The van der Waals surface area contributed by atoms with Crippen molar-refractivity contribution in [3.05, 3.63) is 0 Å². The summed E-state index contributed by atoms with van der Waals surface area (Å²) in [6, 6.07) is 0.611. The lowest BCUT2D eigenvalue weighted by molar-refractivity contribution is 0.132. The van der Waals surface area contributed by atoms with Crippen molar-refractivity contribution < 1.29 is 5.11 Å². The average molecular weight is 256 g/mol. The number of nitrogens with zero attached hydrogens (tertiary/aromatic N) is 1. The molecule has 1 atom stereocenters. The fourth-order valence-corrected chi connectivity index (χ4v) is 2.23. The second-order valence-electron chi connectivity index (χ2n) is 6.43. The molecule has 2 N–H and O–H groups in total. The average Bonchev–Trinajstić information content (AvgIpc) is 3.15. The number of hydrogen-bond acceptors (Lipinski definition) is 3. The third-order valence-electron chi connectivity index (χ3n) is 4.02. The fraction of sp³-hybridized carbons (Fsp3) is 1.00. The summed E-state index contributed by atoms with van der Waals surface area (Å²) < 4.78 is 0. The predicted octanol–water partition coefficient (Wildman–Crippen LogP) is 2.25. The summed E-state index contributed by atoms with van der Waals surface area (Å²) in [6.45, 7) is 12.4. The van der Waals surface area contributed by atoms with Crippen LogP contribution < -0.4 is 5.32 Å². The first-order valence-corrected chi connectivity index (χ1v) is 7.60. The van der Waals surface area contributed by atoms with Gasteiger partial charge >= 0.3 is 0 Å². The van der Waals surface area contributed by atoms with E-state index in [0.29, 0.717) is 6.04 Å². The summed E-state index contributed by atoms with van der Waals surface area (Å²) in [7, 11) is 0. The van der Waals surface area contributed by atoms with Gasteiger partial charge in [-0.3, -0.25) is 0 Å². The Hall–Kier alpha value is -0.120. The van der Waals surface area contributed by atoms with Crippen molar-refractivity contribution in [3.63, 3.8) is 0 Å². The van der Waals surface area contributed by atoms with Gasteiger partial charge < -0.3 is 15.3 Å². The molecule has 0 spiro atoms. The Balaban J connectivity index is 2.37. The van der Waals surface area contributed by atoms with E-state index in [9.17, 15) is 5.11 Å². The van der Waals surface area contributed by atoms with Crippen LogP contribution in [0, 0.1) is 5.92 Å². The van der Waals surface area contributed by atoms with Crippen LogP contribution in [-0.4, -0.2) is 47.8 Å². The maximum atomic E-state index is 9.58. The monoisotopic (exact) mass is 256 g/mol. The van der Waals surface area contributed by atoms with Crippen LogP contribution >= 0.6 is 0 Å². The van der Waals surface area contributed by atoms with Crippen LogP contribution in [0.5, 0.6) is 0 Å². The van der Waals surface area contributed by atoms with Crippen LogP contribution in [0.25, 0.3) is 0 Å². The summed E-state index contributed by atoms with van der Waals surface area (Å²) >= 11 is 0. The van der Waals surface area contributed by atoms with Gasteiger partial charge in [-0.2, -0.15) is 0 Å². The molecule has 1 rings (SSSR count). The maximum absolute atomic E-state index is 9.58. The van der Waals surface area contributed by atoms with Gasteiger partial charge in [-0.15, -0.1) is 0 Å². The zero-order chi connectivity index (χ0) is 13.6. The summed E-state index contributed by atoms with van der Waals surface area (Å²) in [4.78, 5) is 2.57. The summed E-state index contributed by atoms with van der Waals surface area (Å²) in [6.07, 6.45) is 4.96. The van der Waals surface area contributed by atoms with Crippen LogP contribution in [0.4, 0.5) is 0 Å². The molecule has 0 aromatic heterocycles. The van der Waals surface area contributed by atoms with Crippen molar-refractivity contribution in [3.8, 4) is 0 Å². The Bertz CT molecular complexity index is 229. The Labute approximate surface area is 113 Å². The number of aliphatic hydroxyl groups is 1. The second-order valence-corrected chi connectivity index (χ2v) is 6.43. The summed E-state index contributed by atoms with van der Waals surface area (Å²) in [5.74, 6) is 0.941. The first kappa shape index (κ1) is 15.9. The minimum absolute atomic E-state index is 0.118. The standard InChI is InChI=1S/C15H32N2O/c1-5-9-16-15(4,12-18)8-10-17(13(2)3)11-14-6-7-14/h13-14,16,18H,5-12H2,1-4H3. The lowest BCUT2D eigenvalue weighted by Gasteiger charge is -2.34. The zero-order valence-electron chi connectivity index (χ0n) is 12.7. The number of hydrogen-bond donors (Lipinski definition) is 2. The number of nitrogens with one attached hydrogen (secondary N) is 1. The van der Waals surface area contributed by atoms with Gasteiger partial charge in [-0.1, -0.05) is 6.92 Å². The quantitative estimate of drug-likeness (QED) is 0.629. The second kappa shape index (κ2) is 7.46. The van der Waals surface area contributed by atoms with Gasteiger partial charge in [-0.25, -0.2) is 0 Å². The molecule has 0 radical (unpaired) electrons. The van der Waals surface area contributed by atoms with Crippen molar-refractivity contribution in [2.45, 2.75) is 65.0 Å². The minimum Gasteiger partial charge on any atom is -0.394 e. The van der Waals surface area contributed by atoms with Gasteiger partial charge in [0.05, 0.1) is 6.61 Å². The number of aliphatic hydroxyl groups excluding tert-OH is 1. The molecular weight excluding hydrogens is 224 g/mol. The molecule has 0 aromatic carbocycles. The predicted molar refractivity (Wildman–Crippen MR) is 77.8 cm³/mol. The van der Waals surface area contributed by atoms with E-state index in [2.05, 4.69) is 37.9 Å². The van der Waals surface area contributed by atoms with E-state index in [4.69, 9.17) is 0 Å². The first-order chi connectivity index (χ1) is 8.50. The Kier molecular flexibility index (Phi) is 6.61. The Morgan fingerprint density at radius 2 is 2.06 bits per heavy atom. The van der Waals surface area contributed by atoms with Crippen LogP contribution in [0.3, 0.4) is 0 Å². The highest BCUT2D eigenvalue weighted by Crippen LogP contribution is 2.30. The third-order valence-corrected chi connectivity index (χ3v) is 4.02. The molecule has 18 heavy (non-hydrogen) atoms. The smallest absolute Gasteiger partial charge is 0.0611 e. The van der Waals surface area contributed by atoms with E-state index in [0.717, 1.165) is 31.8 Å². The summed E-state index contributed by atoms with van der Waals surface area (Å²) in [5.41, 5.74) is -0.118. The van der Waals surface area contributed by atoms with Gasteiger partial charge in [0.1, 0.15) is 0 Å². The van der Waals surface area contributed by atoms with Gasteiger partial charge in [0.15, 0.2) is 0 Å². The topological polar surface area (TPSA) is 35.5 Å². The van der Waals surface area contributed by atoms with E-state index in [1.54, 1.807) is 0 Å². The van der Waals surface area contributed by atoms with Gasteiger partial charge in [0.2, 0.25) is 0 Å². The van der Waals surface area contributed by atoms with Crippen LogP contribution in [0.1, 0.15) is 53.4 Å². The number of rotatable bonds is 10. The van der Waals surface area contributed by atoms with Gasteiger partial charge in [0.25, 0.3) is 0 Å². The Morgan fingerprint density at radius 1 is 1.39 bits per heavy atom. The van der Waals surface area contributed by atoms with E-state index in [1.165, 1.54) is 19.4 Å². The first-order valence-electron chi connectivity index (χ1n) is 7.60. The van der Waals surface area contributed by atoms with Gasteiger partial charge in [0, 0.05) is 24.7 Å². The van der Waals surface area contributed by atoms with E-state index in [-0.39, 0.29) is 12.1 Å². The van der Waals surface area contributed by atoms with Crippen LogP contribution in [0.2, 0.25) is 0 Å². The van der Waals surface area contributed by atoms with Crippen molar-refractivity contribution in [2.24, 2.45) is 5.92 Å². The molecule has 0 aliphatic heterocycles. The molecule has 1 unspecified atom stereocenters. The molecule has 0 saturated heterocycles. The minimum atomic E-state index is -0.118. The van der Waals surface area contributed by atoms with E-state index in [1.807, 2.05) is 0 Å². The molecule has 1 fully saturated rings. The fourth-order valence-electron chi connectivity index (χ4n) is 2.23. The van der Waals surface area contributed by atoms with Gasteiger partial charge in [-0.05, 0) is 58.9 Å². The van der Waals surface area contributed by atoms with E-state index >= 15 is 0 Å². The molecule has 1 aliphatic carbocycles. The normalized spacial score (nSPS) is 19.5. The van der Waals surface area contributed by atoms with Crippen molar-refractivity contribution in [2.75, 3.05) is 26.2 Å². The summed E-state index contributed by atoms with van der Waals surface area (Å²) in [5, 5.41) is 13.1. The SMILES string of the molecule is CCCNC(C)(CO)CCN(CC1CC1)C(C)C. The van der Waals surface area contributed by atoms with Crippen LogP contribution in [-0.2, 0) is 0 Å². The lowest BCUT2D eigenvalue weighted by atomic mass is 9.98. The molecule has 108 valence electrons. The Morgan fingerprint density at radius 3 is 2.50 bits per heavy atom. The molecule has 3 heteroatoms. The molecule has 0 bridgehead atoms. The van der Waals surface area contributed by atoms with Crippen molar-refractivity contribution >= 4 is 0 Å². The largest absolute Gasteiger partial charge is 0.394 e. The maximum Gasteiger partial charge on any atom is 0.0611 e. The van der Waals surface area contributed by atoms with Crippen LogP contribution in [0.15, 0.2) is 0 Å². The molecule has 3 nitrogen and oxygen atoms in total. The molecule has 0 heterocycles. The molecule has 0 aromatic rings. The molecule has 1 saturated carbocycles. The molecule has 1 aliphatic rings.